The zero-order valence-corrected chi connectivity index (χ0v) is 24.1. The van der Waals surface area contributed by atoms with E-state index >= 15 is 0 Å². The van der Waals surface area contributed by atoms with E-state index in [-0.39, 0.29) is 24.5 Å². The van der Waals surface area contributed by atoms with Gasteiger partial charge in [0.25, 0.3) is 0 Å². The molecule has 6 rings (SSSR count). The van der Waals surface area contributed by atoms with E-state index < -0.39 is 0 Å². The Morgan fingerprint density at radius 3 is 2.81 bits per heavy atom. The molecular weight excluding hydrogens is 530 g/mol. The Morgan fingerprint density at radius 2 is 1.98 bits per heavy atom. The molecule has 2 atom stereocenters. The van der Waals surface area contributed by atoms with Crippen molar-refractivity contribution in [3.63, 3.8) is 0 Å². The molecule has 1 aromatic heterocycles. The molecule has 0 N–H and O–H groups in total. The van der Waals surface area contributed by atoms with Crippen molar-refractivity contribution in [2.24, 2.45) is 0 Å². The van der Waals surface area contributed by atoms with Crippen LogP contribution in [0.15, 0.2) is 55.1 Å². The summed E-state index contributed by atoms with van der Waals surface area (Å²) in [5.41, 5.74) is 3.26. The Kier molecular flexibility index (Phi) is 8.22. The van der Waals surface area contributed by atoms with Gasteiger partial charge in [-0.3, -0.25) is 9.69 Å². The molecule has 10 nitrogen and oxygen atoms in total. The number of benzene rings is 2. The van der Waals surface area contributed by atoms with E-state index in [0.717, 1.165) is 43.2 Å². The number of rotatable bonds is 7. The van der Waals surface area contributed by atoms with Crippen LogP contribution >= 0.6 is 0 Å². The Hall–Kier alpha value is -4.20. The lowest BCUT2D eigenvalue weighted by molar-refractivity contribution is -0.128. The van der Waals surface area contributed by atoms with Gasteiger partial charge in [-0.1, -0.05) is 43.0 Å². The van der Waals surface area contributed by atoms with Crippen LogP contribution in [0.3, 0.4) is 0 Å². The number of amides is 1. The minimum atomic E-state index is -0.236. The monoisotopic (exact) mass is 567 g/mol. The topological polar surface area (TPSA) is 78.6 Å². The predicted octanol–water partition coefficient (Wildman–Crippen LogP) is 3.02. The molecule has 10 heteroatoms. The molecule has 3 aliphatic rings. The number of carbonyl (C=O) groups is 1. The first-order chi connectivity index (χ1) is 20.6. The first-order valence-corrected chi connectivity index (χ1v) is 14.6. The van der Waals surface area contributed by atoms with E-state index in [1.165, 1.54) is 22.5 Å². The summed E-state index contributed by atoms with van der Waals surface area (Å²) >= 11 is 0. The van der Waals surface area contributed by atoms with Gasteiger partial charge in [0.1, 0.15) is 18.5 Å². The molecule has 3 aliphatic heterocycles. The van der Waals surface area contributed by atoms with E-state index in [4.69, 9.17) is 26.0 Å². The van der Waals surface area contributed by atoms with Crippen molar-refractivity contribution in [1.82, 2.24) is 19.8 Å². The van der Waals surface area contributed by atoms with E-state index in [1.54, 1.807) is 4.90 Å². The lowest BCUT2D eigenvalue weighted by Gasteiger charge is -2.41. The fourth-order valence-corrected chi connectivity index (χ4v) is 6.20. The number of aromatic nitrogens is 2. The number of piperazine rings is 1. The van der Waals surface area contributed by atoms with Gasteiger partial charge in [-0.2, -0.15) is 9.97 Å². The van der Waals surface area contributed by atoms with Crippen molar-refractivity contribution in [2.75, 3.05) is 75.9 Å². The number of carbonyl (C=O) groups excluding carboxylic acids is 1. The molecule has 0 radical (unpaired) electrons. The number of fused-ring (bicyclic) bond motifs is 2. The lowest BCUT2D eigenvalue weighted by atomic mass is 10.0. The van der Waals surface area contributed by atoms with Crippen LogP contribution in [0.5, 0.6) is 6.01 Å². The van der Waals surface area contributed by atoms with Gasteiger partial charge in [-0.15, -0.1) is 0 Å². The maximum absolute atomic E-state index is 12.5. The summed E-state index contributed by atoms with van der Waals surface area (Å²) in [6.45, 7) is 17.1. The van der Waals surface area contributed by atoms with Crippen molar-refractivity contribution in [3.8, 4) is 6.01 Å². The second-order valence-corrected chi connectivity index (χ2v) is 11.1. The summed E-state index contributed by atoms with van der Waals surface area (Å²) in [6, 6.07) is 15.1. The zero-order valence-electron chi connectivity index (χ0n) is 24.1. The average molecular weight is 568 g/mol. The van der Waals surface area contributed by atoms with Crippen LogP contribution in [0, 0.1) is 6.57 Å². The number of nitrogens with zero attached hydrogens (tertiary/aromatic N) is 7. The van der Waals surface area contributed by atoms with Crippen LogP contribution in [0.25, 0.3) is 15.6 Å². The Bertz CT molecular complexity index is 1500. The van der Waals surface area contributed by atoms with Gasteiger partial charge < -0.3 is 29.0 Å². The molecule has 0 saturated carbocycles. The summed E-state index contributed by atoms with van der Waals surface area (Å²) < 4.78 is 11.9. The first-order valence-electron chi connectivity index (χ1n) is 14.6. The molecule has 2 saturated heterocycles. The molecule has 4 heterocycles. The fraction of sp³-hybridized carbons (Fsp3) is 0.438. The van der Waals surface area contributed by atoms with E-state index in [2.05, 4.69) is 75.6 Å². The third-order valence-electron chi connectivity index (χ3n) is 8.60. The van der Waals surface area contributed by atoms with Crippen LogP contribution in [0.1, 0.15) is 11.3 Å². The molecule has 2 aromatic carbocycles. The molecule has 2 fully saturated rings. The van der Waals surface area contributed by atoms with E-state index in [1.807, 2.05) is 0 Å². The summed E-state index contributed by atoms with van der Waals surface area (Å²) in [6.07, 6.45) is 2.12. The lowest BCUT2D eigenvalue weighted by Crippen LogP contribution is -2.56. The molecule has 42 heavy (non-hydrogen) atoms. The minimum absolute atomic E-state index is 0.130. The van der Waals surface area contributed by atoms with Gasteiger partial charge in [0.05, 0.1) is 31.5 Å². The highest BCUT2D eigenvalue weighted by molar-refractivity contribution is 5.94. The molecule has 0 bridgehead atoms. The average Bonchev–Trinajstić information content (AvgIpc) is 3.03. The smallest absolute Gasteiger partial charge is 0.318 e. The summed E-state index contributed by atoms with van der Waals surface area (Å²) in [5.74, 6) is 0.711. The summed E-state index contributed by atoms with van der Waals surface area (Å²) in [7, 11) is 2.08. The SMILES string of the molecule is [C-]#[N+]CC1CN(c2nc(OC[C@H]3COCCN3C)nc3c2CCN(c2cccc4ccccc24)C3)CCN1C(=O)C=C. The van der Waals surface area contributed by atoms with Crippen molar-refractivity contribution < 1.29 is 14.3 Å². The maximum Gasteiger partial charge on any atom is 0.318 e. The number of likely N-dealkylation sites (N-methyl/N-ethyl adjacent to an activating group) is 1. The minimum Gasteiger partial charge on any atom is -0.462 e. The number of hydrogen-bond donors (Lipinski definition) is 0. The largest absolute Gasteiger partial charge is 0.462 e. The number of hydrogen-bond acceptors (Lipinski definition) is 8. The second kappa shape index (κ2) is 12.3. The zero-order chi connectivity index (χ0) is 29.1. The van der Waals surface area contributed by atoms with Gasteiger partial charge in [-0.25, -0.2) is 6.57 Å². The molecule has 1 amide bonds. The quantitative estimate of drug-likeness (QED) is 0.319. The molecule has 3 aromatic rings. The van der Waals surface area contributed by atoms with E-state index in [0.29, 0.717) is 45.4 Å². The molecule has 0 aliphatic carbocycles. The third-order valence-corrected chi connectivity index (χ3v) is 8.60. The Morgan fingerprint density at radius 1 is 1.12 bits per heavy atom. The molecule has 218 valence electrons. The highest BCUT2D eigenvalue weighted by Crippen LogP contribution is 2.34. The second-order valence-electron chi connectivity index (χ2n) is 11.1. The van der Waals surface area contributed by atoms with Crippen LogP contribution in [0.2, 0.25) is 0 Å². The molecule has 0 spiro atoms. The standard InChI is InChI=1S/C32H37N7O3/c1-4-30(40)39-15-14-38(19-24(39)18-33-2)31-27-12-13-37(29-11-7-9-23-8-5-6-10-26(23)29)20-28(27)34-32(35-31)42-22-25-21-41-17-16-36(25)3/h4-11,24-25H,1,12-22H2,3H3/t24?,25-/m1/s1. The van der Waals surface area contributed by atoms with Crippen molar-refractivity contribution in [1.29, 1.82) is 0 Å². The van der Waals surface area contributed by atoms with Crippen LogP contribution in [0.4, 0.5) is 11.5 Å². The highest BCUT2D eigenvalue weighted by atomic mass is 16.5. The van der Waals surface area contributed by atoms with Crippen molar-refractivity contribution in [2.45, 2.75) is 25.0 Å². The summed E-state index contributed by atoms with van der Waals surface area (Å²) in [4.78, 5) is 34.7. The first kappa shape index (κ1) is 27.9. The predicted molar refractivity (Wildman–Crippen MR) is 163 cm³/mol. The maximum atomic E-state index is 12.5. The number of anilines is 2. The van der Waals surface area contributed by atoms with Crippen LogP contribution in [-0.2, 0) is 22.5 Å². The van der Waals surface area contributed by atoms with E-state index in [9.17, 15) is 4.79 Å². The fourth-order valence-electron chi connectivity index (χ4n) is 6.20. The van der Waals surface area contributed by atoms with Crippen molar-refractivity contribution >= 4 is 28.2 Å². The van der Waals surface area contributed by atoms with Crippen LogP contribution in [-0.4, -0.2) is 104 Å². The Balaban J connectivity index is 1.32. The highest BCUT2D eigenvalue weighted by Gasteiger charge is 2.35. The normalized spacial score (nSPS) is 21.1. The van der Waals surface area contributed by atoms with Crippen molar-refractivity contribution in [3.05, 3.63) is 77.8 Å². The Labute approximate surface area is 247 Å². The van der Waals surface area contributed by atoms with Gasteiger partial charge in [-0.05, 0) is 31.0 Å². The van der Waals surface area contributed by atoms with Crippen LogP contribution < -0.4 is 14.5 Å². The van der Waals surface area contributed by atoms with Gasteiger partial charge in [0, 0.05) is 49.4 Å². The van der Waals surface area contributed by atoms with Gasteiger partial charge >= 0.3 is 6.01 Å². The molecule has 1 unspecified atom stereocenters. The van der Waals surface area contributed by atoms with Gasteiger partial charge in [0.15, 0.2) is 0 Å². The number of ether oxygens (including phenoxy) is 2. The van der Waals surface area contributed by atoms with Gasteiger partial charge in [0.2, 0.25) is 12.5 Å². The number of morpholine rings is 1. The third kappa shape index (κ3) is 5.62. The summed E-state index contributed by atoms with van der Waals surface area (Å²) in [5, 5.41) is 2.43. The molecular formula is C32H37N7O3.